The van der Waals surface area contributed by atoms with Gasteiger partial charge in [0.25, 0.3) is 0 Å². The van der Waals surface area contributed by atoms with E-state index in [-0.39, 0.29) is 24.0 Å². The lowest BCUT2D eigenvalue weighted by Crippen LogP contribution is -2.45. The Hall–Kier alpha value is -1.50. The Balaban J connectivity index is 1.90. The molecule has 2 fully saturated rings. The first-order chi connectivity index (χ1) is 9.58. The summed E-state index contributed by atoms with van der Waals surface area (Å²) in [5, 5.41) is 3.92. The molecular formula is C13H20N4O2S. The summed E-state index contributed by atoms with van der Waals surface area (Å²) in [6.07, 6.45) is 2.02. The Kier molecular flexibility index (Phi) is 3.45. The van der Waals surface area contributed by atoms with Crippen LogP contribution < -0.4 is 20.7 Å². The van der Waals surface area contributed by atoms with Gasteiger partial charge in [0.05, 0.1) is 18.1 Å². The van der Waals surface area contributed by atoms with Crippen molar-refractivity contribution in [1.29, 1.82) is 0 Å². The molecule has 1 amide bonds. The second-order valence-electron chi connectivity index (χ2n) is 5.62. The van der Waals surface area contributed by atoms with Crippen LogP contribution in [-0.4, -0.2) is 35.5 Å². The van der Waals surface area contributed by atoms with Gasteiger partial charge in [-0.1, -0.05) is 0 Å². The number of anilines is 2. The highest BCUT2D eigenvalue weighted by Gasteiger charge is 2.42. The van der Waals surface area contributed by atoms with E-state index in [1.807, 2.05) is 13.8 Å². The number of ether oxygens (including phenoxy) is 1. The number of amides is 1. The zero-order chi connectivity index (χ0) is 14.3. The van der Waals surface area contributed by atoms with Crippen molar-refractivity contribution < 1.29 is 9.53 Å². The molecular weight excluding hydrogens is 276 g/mol. The van der Waals surface area contributed by atoms with E-state index >= 15 is 0 Å². The summed E-state index contributed by atoms with van der Waals surface area (Å²) >= 11 is 1.36. The Morgan fingerprint density at radius 2 is 2.35 bits per heavy atom. The SMILES string of the molecule is CC(C)Oc1c(N)nsc1N1CCCC2C(=O)NCC21. The molecule has 3 rings (SSSR count). The summed E-state index contributed by atoms with van der Waals surface area (Å²) in [5.41, 5.74) is 5.93. The normalized spacial score (nSPS) is 25.8. The number of nitrogen functional groups attached to an aromatic ring is 1. The number of fused-ring (bicyclic) bond motifs is 1. The maximum atomic E-state index is 11.8. The number of nitrogens with one attached hydrogen (secondary N) is 1. The largest absolute Gasteiger partial charge is 0.484 e. The summed E-state index contributed by atoms with van der Waals surface area (Å²) in [4.78, 5) is 14.1. The summed E-state index contributed by atoms with van der Waals surface area (Å²) in [7, 11) is 0. The van der Waals surface area contributed by atoms with Crippen LogP contribution in [0, 0.1) is 5.92 Å². The topological polar surface area (TPSA) is 80.5 Å². The van der Waals surface area contributed by atoms with Crippen LogP contribution in [0.1, 0.15) is 26.7 Å². The number of hydrogen-bond donors (Lipinski definition) is 2. The predicted octanol–water partition coefficient (Wildman–Crippen LogP) is 1.23. The monoisotopic (exact) mass is 296 g/mol. The Morgan fingerprint density at radius 1 is 1.55 bits per heavy atom. The molecule has 0 saturated carbocycles. The van der Waals surface area contributed by atoms with Crippen molar-refractivity contribution in [2.45, 2.75) is 38.8 Å². The van der Waals surface area contributed by atoms with E-state index in [1.54, 1.807) is 0 Å². The van der Waals surface area contributed by atoms with Crippen LogP contribution in [0.25, 0.3) is 0 Å². The van der Waals surface area contributed by atoms with Gasteiger partial charge in [-0.2, -0.15) is 4.37 Å². The quantitative estimate of drug-likeness (QED) is 0.877. The minimum absolute atomic E-state index is 0.0522. The number of aromatic nitrogens is 1. The summed E-state index contributed by atoms with van der Waals surface area (Å²) < 4.78 is 10.0. The molecule has 0 spiro atoms. The lowest BCUT2D eigenvalue weighted by Gasteiger charge is -2.36. The summed E-state index contributed by atoms with van der Waals surface area (Å²) in [6.45, 7) is 5.57. The van der Waals surface area contributed by atoms with Crippen LogP contribution in [0.15, 0.2) is 0 Å². The van der Waals surface area contributed by atoms with E-state index < -0.39 is 0 Å². The third-order valence-electron chi connectivity index (χ3n) is 3.87. The molecule has 7 heteroatoms. The van der Waals surface area contributed by atoms with Crippen molar-refractivity contribution in [1.82, 2.24) is 9.69 Å². The third-order valence-corrected chi connectivity index (χ3v) is 4.75. The number of nitrogens with two attached hydrogens (primary N) is 1. The van der Waals surface area contributed by atoms with Crippen molar-refractivity contribution in [3.63, 3.8) is 0 Å². The first-order valence-corrected chi connectivity index (χ1v) is 7.81. The van der Waals surface area contributed by atoms with Gasteiger partial charge in [-0.05, 0) is 38.2 Å². The van der Waals surface area contributed by atoms with Crippen LogP contribution in [0.2, 0.25) is 0 Å². The maximum absolute atomic E-state index is 11.8. The fourth-order valence-corrected chi connectivity index (χ4v) is 3.85. The second-order valence-corrected chi connectivity index (χ2v) is 6.38. The van der Waals surface area contributed by atoms with E-state index in [0.717, 1.165) is 24.4 Å². The molecule has 2 aliphatic heterocycles. The van der Waals surface area contributed by atoms with Gasteiger partial charge in [0, 0.05) is 13.1 Å². The van der Waals surface area contributed by atoms with Crippen molar-refractivity contribution in [3.05, 3.63) is 0 Å². The van der Waals surface area contributed by atoms with E-state index in [4.69, 9.17) is 10.5 Å². The van der Waals surface area contributed by atoms with Crippen molar-refractivity contribution >= 4 is 28.3 Å². The molecule has 110 valence electrons. The Bertz CT molecular complexity index is 516. The van der Waals surface area contributed by atoms with Gasteiger partial charge in [0.1, 0.15) is 0 Å². The van der Waals surface area contributed by atoms with Crippen molar-refractivity contribution in [2.24, 2.45) is 5.92 Å². The average Bonchev–Trinajstić information content (AvgIpc) is 2.95. The number of piperidine rings is 1. The molecule has 6 nitrogen and oxygen atoms in total. The molecule has 0 radical (unpaired) electrons. The van der Waals surface area contributed by atoms with Crippen molar-refractivity contribution in [3.8, 4) is 5.75 Å². The molecule has 3 heterocycles. The van der Waals surface area contributed by atoms with E-state index in [2.05, 4.69) is 14.6 Å². The lowest BCUT2D eigenvalue weighted by atomic mass is 9.92. The molecule has 3 N–H and O–H groups in total. The molecule has 20 heavy (non-hydrogen) atoms. The number of carbonyl (C=O) groups is 1. The fraction of sp³-hybridized carbons (Fsp3) is 0.692. The van der Waals surface area contributed by atoms with E-state index in [9.17, 15) is 4.79 Å². The first kappa shape index (κ1) is 13.5. The molecule has 2 unspecified atom stereocenters. The summed E-state index contributed by atoms with van der Waals surface area (Å²) in [6, 6.07) is 0.200. The van der Waals surface area contributed by atoms with Gasteiger partial charge in [-0.25, -0.2) is 0 Å². The van der Waals surface area contributed by atoms with E-state index in [0.29, 0.717) is 18.1 Å². The van der Waals surface area contributed by atoms with E-state index in [1.165, 1.54) is 11.5 Å². The Morgan fingerprint density at radius 3 is 3.10 bits per heavy atom. The van der Waals surface area contributed by atoms with Gasteiger partial charge in [0.2, 0.25) is 5.91 Å². The minimum Gasteiger partial charge on any atom is -0.484 e. The van der Waals surface area contributed by atoms with Crippen molar-refractivity contribution in [2.75, 3.05) is 23.7 Å². The molecule has 1 aromatic rings. The standard InChI is InChI=1S/C13H20N4O2S/c1-7(2)19-10-11(14)16-20-13(10)17-5-3-4-8-9(17)6-15-12(8)18/h7-9H,3-6H2,1-2H3,(H2,14,16)(H,15,18). The molecule has 2 atom stereocenters. The zero-order valence-corrected chi connectivity index (χ0v) is 12.6. The highest BCUT2D eigenvalue weighted by atomic mass is 32.1. The second kappa shape index (κ2) is 5.12. The number of hydrogen-bond acceptors (Lipinski definition) is 6. The van der Waals surface area contributed by atoms with Gasteiger partial charge in [0.15, 0.2) is 16.6 Å². The zero-order valence-electron chi connectivity index (χ0n) is 11.8. The summed E-state index contributed by atoms with van der Waals surface area (Å²) in [5.74, 6) is 1.37. The molecule has 0 aromatic carbocycles. The van der Waals surface area contributed by atoms with Crippen LogP contribution >= 0.6 is 11.5 Å². The fourth-order valence-electron chi connectivity index (χ4n) is 3.02. The average molecular weight is 296 g/mol. The van der Waals surface area contributed by atoms with Crippen LogP contribution in [0.5, 0.6) is 5.75 Å². The number of rotatable bonds is 3. The minimum atomic E-state index is 0.0522. The highest BCUT2D eigenvalue weighted by molar-refractivity contribution is 7.11. The Labute approximate surface area is 122 Å². The maximum Gasteiger partial charge on any atom is 0.225 e. The van der Waals surface area contributed by atoms with Crippen LogP contribution in [0.4, 0.5) is 10.8 Å². The molecule has 1 aromatic heterocycles. The van der Waals surface area contributed by atoms with Crippen LogP contribution in [-0.2, 0) is 4.79 Å². The lowest BCUT2D eigenvalue weighted by molar-refractivity contribution is -0.122. The predicted molar refractivity (Wildman–Crippen MR) is 79.2 cm³/mol. The first-order valence-electron chi connectivity index (χ1n) is 7.04. The van der Waals surface area contributed by atoms with Gasteiger partial charge >= 0.3 is 0 Å². The van der Waals surface area contributed by atoms with Gasteiger partial charge in [-0.3, -0.25) is 4.79 Å². The number of carbonyl (C=O) groups excluding carboxylic acids is 1. The number of nitrogens with zero attached hydrogens (tertiary/aromatic N) is 2. The molecule has 0 bridgehead atoms. The van der Waals surface area contributed by atoms with Gasteiger partial charge in [-0.15, -0.1) is 0 Å². The molecule has 2 saturated heterocycles. The smallest absolute Gasteiger partial charge is 0.225 e. The molecule has 2 aliphatic rings. The third kappa shape index (κ3) is 2.19. The van der Waals surface area contributed by atoms with Crippen LogP contribution in [0.3, 0.4) is 0 Å². The molecule has 0 aliphatic carbocycles. The van der Waals surface area contributed by atoms with Gasteiger partial charge < -0.3 is 20.7 Å². The highest BCUT2D eigenvalue weighted by Crippen LogP contribution is 2.43.